The molecule has 1 N–H and O–H groups in total. The van der Waals surface area contributed by atoms with Crippen molar-refractivity contribution < 1.29 is 28.8 Å². The molecule has 0 spiro atoms. The number of carbonyl (C=O) groups excluding carboxylic acids is 1. The van der Waals surface area contributed by atoms with Gasteiger partial charge in [0.1, 0.15) is 24.9 Å². The lowest BCUT2D eigenvalue weighted by Gasteiger charge is -2.24. The van der Waals surface area contributed by atoms with Crippen molar-refractivity contribution >= 4 is 5.97 Å². The maximum Gasteiger partial charge on any atom is 0.307 e. The Kier molecular flexibility index (Phi) is 28.8. The van der Waals surface area contributed by atoms with E-state index in [-0.39, 0.29) is 12.6 Å². The summed E-state index contributed by atoms with van der Waals surface area (Å²) in [5.74, 6) is -0.262. The van der Waals surface area contributed by atoms with Crippen LogP contribution in [0.15, 0.2) is 0 Å². The van der Waals surface area contributed by atoms with Gasteiger partial charge in [-0.2, -0.15) is 0 Å². The predicted octanol–water partition coefficient (Wildman–Crippen LogP) is 9.37. The number of unbranched alkanes of at least 4 members (excludes halogenated alkanes) is 22. The second kappa shape index (κ2) is 30.6. The number of hydrogen-bond donors (Lipinski definition) is 1. The molecule has 0 aromatic carbocycles. The van der Waals surface area contributed by atoms with Crippen molar-refractivity contribution in [3.8, 4) is 0 Å². The maximum atomic E-state index is 12.2. The molecule has 1 saturated heterocycles. The fourth-order valence-electron chi connectivity index (χ4n) is 6.11. The van der Waals surface area contributed by atoms with Gasteiger partial charge < -0.3 is 29.0 Å². The van der Waals surface area contributed by atoms with Crippen LogP contribution < -0.4 is 0 Å². The Morgan fingerprint density at radius 1 is 0.600 bits per heavy atom. The van der Waals surface area contributed by atoms with Gasteiger partial charge in [0.05, 0.1) is 6.42 Å². The molecule has 7 nitrogen and oxygen atoms in total. The topological polar surface area (TPSA) is 77.5 Å². The third-order valence-electron chi connectivity index (χ3n) is 9.07. The predicted molar refractivity (Wildman–Crippen MR) is 187 cm³/mol. The molecule has 0 bridgehead atoms. The molecule has 0 saturated carbocycles. The minimum atomic E-state index is -1.07. The highest BCUT2D eigenvalue weighted by Gasteiger charge is 2.46. The number of ether oxygens (including phenoxy) is 4. The molecule has 0 amide bonds. The average Bonchev–Trinajstić information content (AvgIpc) is 3.32. The fraction of sp³-hybridized carbons (Fsp3) is 0.974. The molecule has 1 aliphatic rings. The summed E-state index contributed by atoms with van der Waals surface area (Å²) in [6.45, 7) is 6.43. The van der Waals surface area contributed by atoms with Gasteiger partial charge in [-0.3, -0.25) is 4.79 Å². The van der Waals surface area contributed by atoms with Crippen LogP contribution in [-0.2, 0) is 23.7 Å². The number of esters is 1. The van der Waals surface area contributed by atoms with E-state index in [1.54, 1.807) is 0 Å². The van der Waals surface area contributed by atoms with E-state index in [2.05, 4.69) is 13.8 Å². The Labute approximate surface area is 278 Å². The zero-order valence-electron chi connectivity index (χ0n) is 30.3. The first kappa shape index (κ1) is 42.3. The third-order valence-corrected chi connectivity index (χ3v) is 9.07. The summed E-state index contributed by atoms with van der Waals surface area (Å²) >= 11 is 0. The standard InChI is InChI=1S/C38H75NO6/c1-5-7-9-11-13-15-17-19-21-23-25-27-31-42-36-34(33-44-35(40)29-30-39(3)4)45-38(41)37(36)43-32-28-26-24-22-20-18-16-14-12-10-8-6-2/h34,36-38,41H,5-33H2,1-4H3/t34-,36+,37+,38-/m1/s1. The van der Waals surface area contributed by atoms with Gasteiger partial charge in [0.15, 0.2) is 6.29 Å². The highest BCUT2D eigenvalue weighted by molar-refractivity contribution is 5.69. The quantitative estimate of drug-likeness (QED) is 0.0565. The molecule has 1 aliphatic heterocycles. The highest BCUT2D eigenvalue weighted by Crippen LogP contribution is 2.27. The zero-order valence-corrected chi connectivity index (χ0v) is 30.3. The number of carbonyl (C=O) groups is 1. The van der Waals surface area contributed by atoms with Crippen LogP contribution in [0.5, 0.6) is 0 Å². The van der Waals surface area contributed by atoms with E-state index in [0.29, 0.717) is 26.2 Å². The third kappa shape index (κ3) is 24.1. The molecule has 0 aromatic heterocycles. The largest absolute Gasteiger partial charge is 0.463 e. The van der Waals surface area contributed by atoms with E-state index >= 15 is 0 Å². The van der Waals surface area contributed by atoms with Crippen LogP contribution in [0.1, 0.15) is 174 Å². The molecule has 45 heavy (non-hydrogen) atoms. The van der Waals surface area contributed by atoms with Crippen LogP contribution in [0.2, 0.25) is 0 Å². The van der Waals surface area contributed by atoms with E-state index in [4.69, 9.17) is 18.9 Å². The first-order valence-electron chi connectivity index (χ1n) is 19.4. The van der Waals surface area contributed by atoms with Crippen LogP contribution >= 0.6 is 0 Å². The van der Waals surface area contributed by atoms with Crippen LogP contribution in [0.4, 0.5) is 0 Å². The number of aliphatic hydroxyl groups excluding tert-OH is 1. The van der Waals surface area contributed by atoms with E-state index < -0.39 is 24.6 Å². The monoisotopic (exact) mass is 642 g/mol. The molecule has 1 fully saturated rings. The van der Waals surface area contributed by atoms with Gasteiger partial charge in [0, 0.05) is 19.8 Å². The number of aliphatic hydroxyl groups is 1. The van der Waals surface area contributed by atoms with Crippen molar-refractivity contribution in [2.45, 2.75) is 199 Å². The molecule has 0 unspecified atom stereocenters. The smallest absolute Gasteiger partial charge is 0.307 e. The summed E-state index contributed by atoms with van der Waals surface area (Å²) in [7, 11) is 3.86. The first-order chi connectivity index (χ1) is 22.0. The summed E-state index contributed by atoms with van der Waals surface area (Å²) in [6, 6.07) is 0. The van der Waals surface area contributed by atoms with Crippen LogP contribution in [-0.4, -0.2) is 81.0 Å². The SMILES string of the molecule is CCCCCCCCCCCCCCO[C@@H]1[C@H](OCCCCCCCCCCCCCC)[C@H](O)O[C@@H]1COC(=O)CCN(C)C. The average molecular weight is 642 g/mol. The normalized spacial score (nSPS) is 20.0. The van der Waals surface area contributed by atoms with E-state index in [0.717, 1.165) is 25.7 Å². The molecular weight excluding hydrogens is 566 g/mol. The lowest BCUT2D eigenvalue weighted by molar-refractivity contribution is -0.161. The zero-order chi connectivity index (χ0) is 32.8. The van der Waals surface area contributed by atoms with Crippen molar-refractivity contribution in [2.75, 3.05) is 40.5 Å². The molecule has 0 radical (unpaired) electrons. The first-order valence-corrected chi connectivity index (χ1v) is 19.4. The number of nitrogens with zero attached hydrogens (tertiary/aromatic N) is 1. The van der Waals surface area contributed by atoms with Crippen molar-refractivity contribution in [2.24, 2.45) is 0 Å². The van der Waals surface area contributed by atoms with Crippen LogP contribution in [0, 0.1) is 0 Å². The van der Waals surface area contributed by atoms with E-state index in [1.165, 1.54) is 128 Å². The van der Waals surface area contributed by atoms with Crippen molar-refractivity contribution in [3.05, 3.63) is 0 Å². The molecule has 0 aromatic rings. The Bertz CT molecular complexity index is 648. The second-order valence-electron chi connectivity index (χ2n) is 13.8. The van der Waals surface area contributed by atoms with Gasteiger partial charge in [-0.1, -0.05) is 155 Å². The number of rotatable bonds is 33. The van der Waals surface area contributed by atoms with E-state index in [9.17, 15) is 9.90 Å². The van der Waals surface area contributed by atoms with E-state index in [1.807, 2.05) is 19.0 Å². The van der Waals surface area contributed by atoms with Crippen molar-refractivity contribution in [3.63, 3.8) is 0 Å². The molecule has 1 rings (SSSR count). The molecular formula is C38H75NO6. The molecule has 4 atom stereocenters. The summed E-state index contributed by atoms with van der Waals surface area (Å²) in [6.07, 6.45) is 28.8. The lowest BCUT2D eigenvalue weighted by atomic mass is 10.1. The Morgan fingerprint density at radius 2 is 0.978 bits per heavy atom. The van der Waals surface area contributed by atoms with Gasteiger partial charge in [-0.15, -0.1) is 0 Å². The minimum absolute atomic E-state index is 0.0743. The van der Waals surface area contributed by atoms with Gasteiger partial charge in [-0.25, -0.2) is 0 Å². The molecule has 7 heteroatoms. The summed E-state index contributed by atoms with van der Waals surface area (Å²) in [5.41, 5.74) is 0. The van der Waals surface area contributed by atoms with Crippen LogP contribution in [0.25, 0.3) is 0 Å². The summed E-state index contributed by atoms with van der Waals surface area (Å²) < 4.78 is 23.7. The molecule has 0 aliphatic carbocycles. The molecule has 1 heterocycles. The summed E-state index contributed by atoms with van der Waals surface area (Å²) in [5, 5.41) is 10.7. The Balaban J connectivity index is 2.31. The van der Waals surface area contributed by atoms with Gasteiger partial charge in [0.25, 0.3) is 0 Å². The maximum absolute atomic E-state index is 12.2. The lowest BCUT2D eigenvalue weighted by Crippen LogP contribution is -2.40. The van der Waals surface area contributed by atoms with Crippen molar-refractivity contribution in [1.29, 1.82) is 0 Å². The van der Waals surface area contributed by atoms with Gasteiger partial charge in [-0.05, 0) is 26.9 Å². The fourth-order valence-corrected chi connectivity index (χ4v) is 6.11. The highest BCUT2D eigenvalue weighted by atomic mass is 16.7. The summed E-state index contributed by atoms with van der Waals surface area (Å²) in [4.78, 5) is 14.2. The second-order valence-corrected chi connectivity index (χ2v) is 13.8. The van der Waals surface area contributed by atoms with Gasteiger partial charge in [0.2, 0.25) is 0 Å². The van der Waals surface area contributed by atoms with Crippen molar-refractivity contribution in [1.82, 2.24) is 4.90 Å². The number of hydrogen-bond acceptors (Lipinski definition) is 7. The molecule has 268 valence electrons. The van der Waals surface area contributed by atoms with Crippen LogP contribution in [0.3, 0.4) is 0 Å². The Hall–Kier alpha value is -0.730. The minimum Gasteiger partial charge on any atom is -0.463 e. The van der Waals surface area contributed by atoms with Gasteiger partial charge >= 0.3 is 5.97 Å². The Morgan fingerprint density at radius 3 is 1.38 bits per heavy atom.